The molecule has 1 aliphatic heterocycles. The van der Waals surface area contributed by atoms with E-state index >= 15 is 0 Å². The summed E-state index contributed by atoms with van der Waals surface area (Å²) < 4.78 is 0. The van der Waals surface area contributed by atoms with Gasteiger partial charge in [-0.2, -0.15) is 0 Å². The molecule has 2 aliphatic rings. The van der Waals surface area contributed by atoms with Gasteiger partial charge in [0.1, 0.15) is 0 Å². The van der Waals surface area contributed by atoms with Crippen LogP contribution in [0.25, 0.3) is 0 Å². The van der Waals surface area contributed by atoms with Crippen LogP contribution in [-0.2, 0) is 0 Å². The third-order valence-electron chi connectivity index (χ3n) is 2.53. The van der Waals surface area contributed by atoms with Crippen LogP contribution in [0, 0.1) is 11.8 Å². The SMILES string of the molecule is C=C1C[C@@H](C)[C@@H]2C[C@@H]2N1. The quantitative estimate of drug-likeness (QED) is 0.515. The number of allylic oxidation sites excluding steroid dienone is 1. The lowest BCUT2D eigenvalue weighted by Crippen LogP contribution is -2.25. The molecule has 0 bridgehead atoms. The molecule has 0 unspecified atom stereocenters. The minimum absolute atomic E-state index is 0.807. The van der Waals surface area contributed by atoms with Gasteiger partial charge in [-0.1, -0.05) is 13.5 Å². The molecule has 50 valence electrons. The van der Waals surface area contributed by atoms with Crippen molar-refractivity contribution in [2.45, 2.75) is 25.8 Å². The third-order valence-corrected chi connectivity index (χ3v) is 2.53. The molecule has 0 aromatic rings. The fraction of sp³-hybridized carbons (Fsp3) is 0.750. The lowest BCUT2D eigenvalue weighted by molar-refractivity contribution is 0.427. The highest BCUT2D eigenvalue weighted by atomic mass is 15.0. The summed E-state index contributed by atoms with van der Waals surface area (Å²) in [6.45, 7) is 6.26. The summed E-state index contributed by atoms with van der Waals surface area (Å²) in [5, 5.41) is 3.39. The van der Waals surface area contributed by atoms with Gasteiger partial charge in [-0.05, 0) is 24.7 Å². The van der Waals surface area contributed by atoms with Crippen molar-refractivity contribution in [3.05, 3.63) is 12.3 Å². The minimum Gasteiger partial charge on any atom is -0.386 e. The topological polar surface area (TPSA) is 12.0 Å². The van der Waals surface area contributed by atoms with E-state index in [1.165, 1.54) is 18.5 Å². The summed E-state index contributed by atoms with van der Waals surface area (Å²) in [7, 11) is 0. The summed E-state index contributed by atoms with van der Waals surface area (Å²) in [4.78, 5) is 0. The average Bonchev–Trinajstić information content (AvgIpc) is 2.43. The van der Waals surface area contributed by atoms with Gasteiger partial charge in [0.15, 0.2) is 0 Å². The number of hydrogen-bond donors (Lipinski definition) is 1. The Bertz CT molecular complexity index is 151. The molecule has 1 saturated carbocycles. The molecule has 1 saturated heterocycles. The van der Waals surface area contributed by atoms with E-state index in [0.29, 0.717) is 0 Å². The van der Waals surface area contributed by atoms with Crippen LogP contribution in [0.3, 0.4) is 0 Å². The van der Waals surface area contributed by atoms with Crippen molar-refractivity contribution in [2.24, 2.45) is 11.8 Å². The maximum Gasteiger partial charge on any atom is 0.0293 e. The molecular formula is C8H13N. The Morgan fingerprint density at radius 3 is 3.11 bits per heavy atom. The zero-order valence-corrected chi connectivity index (χ0v) is 5.85. The smallest absolute Gasteiger partial charge is 0.0293 e. The molecule has 2 rings (SSSR count). The lowest BCUT2D eigenvalue weighted by Gasteiger charge is -2.20. The molecule has 0 aromatic heterocycles. The summed E-state index contributed by atoms with van der Waals surface area (Å²) in [6.07, 6.45) is 2.58. The lowest BCUT2D eigenvalue weighted by atomic mass is 9.97. The second-order valence-electron chi connectivity index (χ2n) is 3.44. The van der Waals surface area contributed by atoms with E-state index in [1.807, 2.05) is 0 Å². The van der Waals surface area contributed by atoms with E-state index in [2.05, 4.69) is 18.8 Å². The summed E-state index contributed by atoms with van der Waals surface area (Å²) in [5.41, 5.74) is 1.25. The van der Waals surface area contributed by atoms with Crippen molar-refractivity contribution in [1.82, 2.24) is 5.32 Å². The van der Waals surface area contributed by atoms with E-state index in [4.69, 9.17) is 0 Å². The van der Waals surface area contributed by atoms with Crippen LogP contribution in [-0.4, -0.2) is 6.04 Å². The van der Waals surface area contributed by atoms with Gasteiger partial charge in [0.25, 0.3) is 0 Å². The van der Waals surface area contributed by atoms with Gasteiger partial charge in [-0.25, -0.2) is 0 Å². The Kier molecular flexibility index (Phi) is 0.904. The number of nitrogens with one attached hydrogen (secondary N) is 1. The minimum atomic E-state index is 0.807. The van der Waals surface area contributed by atoms with Crippen LogP contribution in [0.4, 0.5) is 0 Å². The highest BCUT2D eigenvalue weighted by Crippen LogP contribution is 2.43. The standard InChI is InChI=1S/C8H13N/c1-5-3-6(2)9-8-4-7(5)8/h5,7-9H,2-4H2,1H3/t5-,7+,8+/m1/s1. The molecule has 0 radical (unpaired) electrons. The normalized spacial score (nSPS) is 47.7. The van der Waals surface area contributed by atoms with Gasteiger partial charge >= 0.3 is 0 Å². The van der Waals surface area contributed by atoms with Crippen LogP contribution >= 0.6 is 0 Å². The van der Waals surface area contributed by atoms with Crippen LogP contribution in [0.15, 0.2) is 12.3 Å². The summed E-state index contributed by atoms with van der Waals surface area (Å²) in [6, 6.07) is 0.807. The molecule has 0 spiro atoms. The molecule has 3 atom stereocenters. The van der Waals surface area contributed by atoms with Crippen molar-refractivity contribution in [3.63, 3.8) is 0 Å². The first-order valence-corrected chi connectivity index (χ1v) is 3.71. The van der Waals surface area contributed by atoms with Gasteiger partial charge in [0, 0.05) is 11.7 Å². The molecule has 1 nitrogen and oxygen atoms in total. The Balaban J connectivity index is 2.07. The van der Waals surface area contributed by atoms with Gasteiger partial charge in [-0.3, -0.25) is 0 Å². The zero-order valence-electron chi connectivity index (χ0n) is 5.85. The van der Waals surface area contributed by atoms with E-state index in [0.717, 1.165) is 17.9 Å². The molecular weight excluding hydrogens is 110 g/mol. The highest BCUT2D eigenvalue weighted by Gasteiger charge is 2.44. The maximum absolute atomic E-state index is 3.93. The predicted molar refractivity (Wildman–Crippen MR) is 38.0 cm³/mol. The monoisotopic (exact) mass is 123 g/mol. The van der Waals surface area contributed by atoms with E-state index < -0.39 is 0 Å². The number of rotatable bonds is 0. The van der Waals surface area contributed by atoms with Crippen molar-refractivity contribution in [2.75, 3.05) is 0 Å². The van der Waals surface area contributed by atoms with Crippen LogP contribution in [0.2, 0.25) is 0 Å². The Morgan fingerprint density at radius 2 is 2.44 bits per heavy atom. The molecule has 1 heteroatoms. The van der Waals surface area contributed by atoms with Gasteiger partial charge in [-0.15, -0.1) is 0 Å². The molecule has 1 N–H and O–H groups in total. The van der Waals surface area contributed by atoms with Crippen molar-refractivity contribution in [3.8, 4) is 0 Å². The van der Waals surface area contributed by atoms with E-state index in [9.17, 15) is 0 Å². The van der Waals surface area contributed by atoms with Gasteiger partial charge < -0.3 is 5.32 Å². The Labute approximate surface area is 56.1 Å². The fourth-order valence-corrected chi connectivity index (χ4v) is 1.87. The Hall–Kier alpha value is -0.460. The first-order valence-electron chi connectivity index (χ1n) is 3.71. The second-order valence-corrected chi connectivity index (χ2v) is 3.44. The summed E-state index contributed by atoms with van der Waals surface area (Å²) in [5.74, 6) is 1.87. The van der Waals surface area contributed by atoms with E-state index in [1.54, 1.807) is 0 Å². The zero-order chi connectivity index (χ0) is 6.43. The largest absolute Gasteiger partial charge is 0.386 e. The first-order chi connectivity index (χ1) is 4.27. The third kappa shape index (κ3) is 0.752. The van der Waals surface area contributed by atoms with Crippen LogP contribution in [0.5, 0.6) is 0 Å². The van der Waals surface area contributed by atoms with Gasteiger partial charge in [0.05, 0.1) is 0 Å². The van der Waals surface area contributed by atoms with E-state index in [-0.39, 0.29) is 0 Å². The number of hydrogen-bond acceptors (Lipinski definition) is 1. The molecule has 9 heavy (non-hydrogen) atoms. The molecule has 2 fully saturated rings. The maximum atomic E-state index is 3.93. The first kappa shape index (κ1) is 5.33. The van der Waals surface area contributed by atoms with Crippen LogP contribution in [0.1, 0.15) is 19.8 Å². The molecule has 1 aliphatic carbocycles. The van der Waals surface area contributed by atoms with Crippen molar-refractivity contribution >= 4 is 0 Å². The summed E-state index contributed by atoms with van der Waals surface area (Å²) >= 11 is 0. The number of piperidine rings is 1. The number of fused-ring (bicyclic) bond motifs is 1. The predicted octanol–water partition coefficient (Wildman–Crippen LogP) is 1.52. The second kappa shape index (κ2) is 1.53. The van der Waals surface area contributed by atoms with Crippen LogP contribution < -0.4 is 5.32 Å². The fourth-order valence-electron chi connectivity index (χ4n) is 1.87. The molecule has 0 aromatic carbocycles. The molecule has 0 amide bonds. The average molecular weight is 123 g/mol. The highest BCUT2D eigenvalue weighted by molar-refractivity contribution is 5.11. The van der Waals surface area contributed by atoms with Crippen molar-refractivity contribution < 1.29 is 0 Å². The van der Waals surface area contributed by atoms with Gasteiger partial charge in [0.2, 0.25) is 0 Å². The Morgan fingerprint density at radius 1 is 1.67 bits per heavy atom. The van der Waals surface area contributed by atoms with Crippen molar-refractivity contribution in [1.29, 1.82) is 0 Å². The molecule has 1 heterocycles.